The largest absolute Gasteiger partial charge is 0.383 e. The summed E-state index contributed by atoms with van der Waals surface area (Å²) >= 11 is 0. The fraction of sp³-hybridized carbons (Fsp3) is 0.357. The Bertz CT molecular complexity index is 467. The second-order valence-electron chi connectivity index (χ2n) is 4.36. The third-order valence-corrected chi connectivity index (χ3v) is 2.79. The number of aromatic nitrogens is 2. The molecule has 2 aromatic rings. The van der Waals surface area contributed by atoms with Crippen molar-refractivity contribution in [1.82, 2.24) is 14.7 Å². The van der Waals surface area contributed by atoms with E-state index >= 15 is 0 Å². The molecule has 0 saturated heterocycles. The summed E-state index contributed by atoms with van der Waals surface area (Å²) in [4.78, 5) is 2.22. The first-order chi connectivity index (χ1) is 8.79. The minimum Gasteiger partial charge on any atom is -0.383 e. The van der Waals surface area contributed by atoms with Crippen LogP contribution in [0.2, 0.25) is 0 Å². The van der Waals surface area contributed by atoms with Crippen LogP contribution in [0.15, 0.2) is 42.7 Å². The van der Waals surface area contributed by atoms with Crippen molar-refractivity contribution in [1.29, 1.82) is 0 Å². The van der Waals surface area contributed by atoms with E-state index in [2.05, 4.69) is 23.2 Å². The third kappa shape index (κ3) is 3.42. The molecule has 0 aliphatic rings. The summed E-state index contributed by atoms with van der Waals surface area (Å²) in [5.74, 6) is 0. The van der Waals surface area contributed by atoms with Gasteiger partial charge in [-0.2, -0.15) is 5.10 Å². The van der Waals surface area contributed by atoms with Gasteiger partial charge in [-0.3, -0.25) is 4.90 Å². The second-order valence-corrected chi connectivity index (χ2v) is 4.36. The highest BCUT2D eigenvalue weighted by Crippen LogP contribution is 2.08. The maximum atomic E-state index is 5.06. The number of hydrogen-bond donors (Lipinski definition) is 0. The first kappa shape index (κ1) is 12.8. The zero-order chi connectivity index (χ0) is 12.8. The van der Waals surface area contributed by atoms with Gasteiger partial charge in [0.1, 0.15) is 0 Å². The van der Waals surface area contributed by atoms with Crippen LogP contribution < -0.4 is 0 Å². The Morgan fingerprint density at radius 2 is 2.06 bits per heavy atom. The quantitative estimate of drug-likeness (QED) is 0.779. The van der Waals surface area contributed by atoms with Gasteiger partial charge in [0.15, 0.2) is 0 Å². The molecular formula is C14H19N3O. The number of hydrogen-bond acceptors (Lipinski definition) is 3. The summed E-state index contributed by atoms with van der Waals surface area (Å²) in [5.41, 5.74) is 2.29. The standard InChI is InChI=1S/C14H19N3O/c1-16(8-9-18-2)11-13-10-15-17(12-13)14-6-4-3-5-7-14/h3-7,10,12H,8-9,11H2,1-2H3. The lowest BCUT2D eigenvalue weighted by Gasteiger charge is -2.14. The summed E-state index contributed by atoms with van der Waals surface area (Å²) in [6, 6.07) is 10.1. The van der Waals surface area contributed by atoms with Gasteiger partial charge < -0.3 is 4.74 Å². The van der Waals surface area contributed by atoms with E-state index in [1.807, 2.05) is 41.2 Å². The molecule has 0 saturated carbocycles. The molecule has 0 bridgehead atoms. The molecule has 0 aliphatic heterocycles. The number of rotatable bonds is 6. The highest BCUT2D eigenvalue weighted by Gasteiger charge is 2.03. The predicted molar refractivity (Wildman–Crippen MR) is 71.8 cm³/mol. The van der Waals surface area contributed by atoms with E-state index in [1.165, 1.54) is 5.56 Å². The minimum absolute atomic E-state index is 0.753. The molecule has 0 atom stereocenters. The van der Waals surface area contributed by atoms with E-state index in [1.54, 1.807) is 7.11 Å². The molecule has 1 aromatic heterocycles. The number of para-hydroxylation sites is 1. The van der Waals surface area contributed by atoms with Crippen LogP contribution in [0.3, 0.4) is 0 Å². The van der Waals surface area contributed by atoms with Gasteiger partial charge in [-0.15, -0.1) is 0 Å². The minimum atomic E-state index is 0.753. The number of likely N-dealkylation sites (N-methyl/N-ethyl adjacent to an activating group) is 1. The fourth-order valence-electron chi connectivity index (χ4n) is 1.80. The molecule has 4 nitrogen and oxygen atoms in total. The SMILES string of the molecule is COCCN(C)Cc1cnn(-c2ccccc2)c1. The van der Waals surface area contributed by atoms with Crippen molar-refractivity contribution in [2.24, 2.45) is 0 Å². The molecule has 4 heteroatoms. The third-order valence-electron chi connectivity index (χ3n) is 2.79. The molecular weight excluding hydrogens is 226 g/mol. The molecule has 0 fully saturated rings. The summed E-state index contributed by atoms with van der Waals surface area (Å²) in [7, 11) is 3.81. The summed E-state index contributed by atoms with van der Waals surface area (Å²) in [6.45, 7) is 2.56. The van der Waals surface area contributed by atoms with E-state index < -0.39 is 0 Å². The maximum absolute atomic E-state index is 5.06. The van der Waals surface area contributed by atoms with E-state index in [0.29, 0.717) is 0 Å². The smallest absolute Gasteiger partial charge is 0.0645 e. The van der Waals surface area contributed by atoms with Gasteiger partial charge in [-0.25, -0.2) is 4.68 Å². The lowest BCUT2D eigenvalue weighted by Crippen LogP contribution is -2.22. The van der Waals surface area contributed by atoms with Crippen LogP contribution in [0, 0.1) is 0 Å². The monoisotopic (exact) mass is 245 g/mol. The van der Waals surface area contributed by atoms with Crippen molar-refractivity contribution < 1.29 is 4.74 Å². The lowest BCUT2D eigenvalue weighted by atomic mass is 10.3. The molecule has 0 spiro atoms. The normalized spacial score (nSPS) is 11.1. The van der Waals surface area contributed by atoms with Crippen molar-refractivity contribution in [3.8, 4) is 5.69 Å². The van der Waals surface area contributed by atoms with E-state index in [9.17, 15) is 0 Å². The van der Waals surface area contributed by atoms with Gasteiger partial charge in [0.25, 0.3) is 0 Å². The molecule has 0 N–H and O–H groups in total. The van der Waals surface area contributed by atoms with E-state index in [-0.39, 0.29) is 0 Å². The Morgan fingerprint density at radius 3 is 2.78 bits per heavy atom. The lowest BCUT2D eigenvalue weighted by molar-refractivity contribution is 0.158. The van der Waals surface area contributed by atoms with Gasteiger partial charge in [-0.05, 0) is 19.2 Å². The molecule has 1 heterocycles. The van der Waals surface area contributed by atoms with Crippen molar-refractivity contribution in [2.75, 3.05) is 27.3 Å². The van der Waals surface area contributed by atoms with Crippen LogP contribution in [0.1, 0.15) is 5.56 Å². The average molecular weight is 245 g/mol. The molecule has 96 valence electrons. The molecule has 18 heavy (non-hydrogen) atoms. The number of benzene rings is 1. The van der Waals surface area contributed by atoms with Crippen molar-refractivity contribution >= 4 is 0 Å². The van der Waals surface area contributed by atoms with Crippen LogP contribution in [-0.2, 0) is 11.3 Å². The van der Waals surface area contributed by atoms with Crippen molar-refractivity contribution in [3.05, 3.63) is 48.3 Å². The number of methoxy groups -OCH3 is 1. The first-order valence-corrected chi connectivity index (χ1v) is 6.06. The zero-order valence-electron chi connectivity index (χ0n) is 10.9. The summed E-state index contributed by atoms with van der Waals surface area (Å²) in [6.07, 6.45) is 3.98. The Labute approximate surface area is 108 Å². The topological polar surface area (TPSA) is 30.3 Å². The van der Waals surface area contributed by atoms with Gasteiger partial charge in [0.2, 0.25) is 0 Å². The fourth-order valence-corrected chi connectivity index (χ4v) is 1.80. The Morgan fingerprint density at radius 1 is 1.28 bits per heavy atom. The van der Waals surface area contributed by atoms with E-state index in [0.717, 1.165) is 25.4 Å². The predicted octanol–water partition coefficient (Wildman–Crippen LogP) is 1.95. The van der Waals surface area contributed by atoms with Crippen LogP contribution >= 0.6 is 0 Å². The summed E-state index contributed by atoms with van der Waals surface area (Å²) < 4.78 is 6.96. The number of ether oxygens (including phenoxy) is 1. The van der Waals surface area contributed by atoms with Gasteiger partial charge in [-0.1, -0.05) is 18.2 Å². The Kier molecular flexibility index (Phi) is 4.50. The van der Waals surface area contributed by atoms with Crippen LogP contribution in [0.25, 0.3) is 5.69 Å². The highest BCUT2D eigenvalue weighted by atomic mass is 16.5. The van der Waals surface area contributed by atoms with Crippen LogP contribution in [0.5, 0.6) is 0 Å². The first-order valence-electron chi connectivity index (χ1n) is 6.06. The van der Waals surface area contributed by atoms with E-state index in [4.69, 9.17) is 4.74 Å². The number of nitrogens with zero attached hydrogens (tertiary/aromatic N) is 3. The molecule has 0 amide bonds. The zero-order valence-corrected chi connectivity index (χ0v) is 10.9. The molecule has 1 aromatic carbocycles. The van der Waals surface area contributed by atoms with Gasteiger partial charge >= 0.3 is 0 Å². The van der Waals surface area contributed by atoms with Crippen molar-refractivity contribution in [2.45, 2.75) is 6.54 Å². The maximum Gasteiger partial charge on any atom is 0.0645 e. The molecule has 2 rings (SSSR count). The van der Waals surface area contributed by atoms with Gasteiger partial charge in [0.05, 0.1) is 18.5 Å². The van der Waals surface area contributed by atoms with Crippen LogP contribution in [0.4, 0.5) is 0 Å². The molecule has 0 aliphatic carbocycles. The van der Waals surface area contributed by atoms with Crippen LogP contribution in [-0.4, -0.2) is 42.0 Å². The summed E-state index contributed by atoms with van der Waals surface area (Å²) in [5, 5.41) is 4.38. The average Bonchev–Trinajstić information content (AvgIpc) is 2.86. The molecule has 0 radical (unpaired) electrons. The van der Waals surface area contributed by atoms with Gasteiger partial charge in [0, 0.05) is 32.0 Å². The Balaban J connectivity index is 1.98. The highest BCUT2D eigenvalue weighted by molar-refractivity contribution is 5.30. The molecule has 0 unspecified atom stereocenters. The second kappa shape index (κ2) is 6.33. The Hall–Kier alpha value is -1.65. The van der Waals surface area contributed by atoms with Crippen molar-refractivity contribution in [3.63, 3.8) is 0 Å².